The van der Waals surface area contributed by atoms with Crippen molar-refractivity contribution in [3.63, 3.8) is 0 Å². The van der Waals surface area contributed by atoms with E-state index in [9.17, 15) is 0 Å². The van der Waals surface area contributed by atoms with Crippen molar-refractivity contribution < 1.29 is 9.22 Å². The van der Waals surface area contributed by atoms with Crippen molar-refractivity contribution in [1.82, 2.24) is 9.36 Å². The molecule has 0 aliphatic carbocycles. The molecule has 0 spiro atoms. The minimum atomic E-state index is -3.53. The van der Waals surface area contributed by atoms with Gasteiger partial charge in [-0.15, -0.1) is 0 Å². The van der Waals surface area contributed by atoms with Crippen LogP contribution >= 0.6 is 0 Å². The van der Waals surface area contributed by atoms with Crippen molar-refractivity contribution in [2.45, 2.75) is 157 Å². The van der Waals surface area contributed by atoms with Gasteiger partial charge in [-0.25, -0.2) is 0 Å². The molecule has 0 aromatic heterocycles. The van der Waals surface area contributed by atoms with Crippen LogP contribution in [-0.4, -0.2) is 110 Å². The van der Waals surface area contributed by atoms with Crippen molar-refractivity contribution in [3.05, 3.63) is 0 Å². The Kier molecular flexibility index (Phi) is 37.0. The van der Waals surface area contributed by atoms with Gasteiger partial charge in [0.15, 0.2) is 0 Å². The Morgan fingerprint density at radius 3 is 0.805 bits per heavy atom. The third kappa shape index (κ3) is 18.8. The zero-order valence-electron chi connectivity index (χ0n) is 28.1. The molecule has 41 heavy (non-hydrogen) atoms. The van der Waals surface area contributed by atoms with Gasteiger partial charge in [-0.1, -0.05) is 29.7 Å². The molecule has 0 bridgehead atoms. The summed E-state index contributed by atoms with van der Waals surface area (Å²) in [5.41, 5.74) is 0. The van der Waals surface area contributed by atoms with Gasteiger partial charge in [0.25, 0.3) is 0 Å². The van der Waals surface area contributed by atoms with E-state index in [2.05, 4.69) is 114 Å². The molecule has 0 radical (unpaired) electrons. The first-order valence-electron chi connectivity index (χ1n) is 15.0. The van der Waals surface area contributed by atoms with E-state index in [0.29, 0.717) is 3.43 Å². The number of hydrogen-bond donors (Lipinski definition) is 0. The number of hydrogen-bond acceptors (Lipinski definition) is 6. The van der Waals surface area contributed by atoms with Crippen molar-refractivity contribution in [2.75, 3.05) is 62.1 Å². The average Bonchev–Trinajstić information content (AvgIpc) is 2.74. The number of nitrogens with zero attached hydrogens (tertiary/aromatic N) is 3. The number of rotatable bonds is 18. The quantitative estimate of drug-likeness (QED) is 0.101. The molecule has 0 aromatic carbocycles. The first-order chi connectivity index (χ1) is 17.0. The SMILES string of the molecule is C.C.C.C.CCCCC[O][Sn]([O]CCCCC)([O]CCCCC)[C](C)(C)C.C[N](C)[Sn]([N](C)C)([N](C)C)[C](C)(C)C. The zero-order valence-corrected chi connectivity index (χ0v) is 33.8. The molecular formula is C33H85N3O3Sn2. The van der Waals surface area contributed by atoms with E-state index in [0.717, 1.165) is 39.1 Å². The molecule has 6 nitrogen and oxygen atoms in total. The second kappa shape index (κ2) is 27.6. The Morgan fingerprint density at radius 2 is 0.683 bits per heavy atom. The van der Waals surface area contributed by atoms with Crippen LogP contribution in [0.4, 0.5) is 0 Å². The molecule has 0 N–H and O–H groups in total. The van der Waals surface area contributed by atoms with E-state index in [4.69, 9.17) is 9.22 Å². The van der Waals surface area contributed by atoms with Gasteiger partial charge in [-0.2, -0.15) is 0 Å². The molecule has 258 valence electrons. The zero-order chi connectivity index (χ0) is 29.3. The van der Waals surface area contributed by atoms with Gasteiger partial charge in [0.05, 0.1) is 0 Å². The summed E-state index contributed by atoms with van der Waals surface area (Å²) >= 11 is -6.12. The van der Waals surface area contributed by atoms with Gasteiger partial charge in [0.2, 0.25) is 0 Å². The molecule has 0 saturated carbocycles. The minimum absolute atomic E-state index is 0. The summed E-state index contributed by atoms with van der Waals surface area (Å²) in [6.07, 6.45) is 10.7. The summed E-state index contributed by atoms with van der Waals surface area (Å²) in [4.78, 5) is 0. The average molecular weight is 809 g/mol. The molecule has 0 aliphatic heterocycles. The van der Waals surface area contributed by atoms with Crippen molar-refractivity contribution in [2.24, 2.45) is 0 Å². The van der Waals surface area contributed by atoms with Crippen LogP contribution in [0.3, 0.4) is 0 Å². The van der Waals surface area contributed by atoms with Gasteiger partial charge in [-0.3, -0.25) is 0 Å². The summed E-state index contributed by atoms with van der Waals surface area (Å²) in [6.45, 7) is 22.9. The van der Waals surface area contributed by atoms with Crippen LogP contribution in [0.25, 0.3) is 0 Å². The van der Waals surface area contributed by atoms with Crippen LogP contribution in [0, 0.1) is 0 Å². The van der Waals surface area contributed by atoms with Gasteiger partial charge in [0.1, 0.15) is 0 Å². The monoisotopic (exact) mass is 811 g/mol. The van der Waals surface area contributed by atoms with Crippen LogP contribution < -0.4 is 0 Å². The van der Waals surface area contributed by atoms with Crippen LogP contribution in [0.15, 0.2) is 0 Å². The predicted octanol–water partition coefficient (Wildman–Crippen LogP) is 10.3. The molecule has 0 unspecified atom stereocenters. The van der Waals surface area contributed by atoms with Crippen LogP contribution in [-0.2, 0) is 9.22 Å². The van der Waals surface area contributed by atoms with Gasteiger partial charge in [0, 0.05) is 0 Å². The van der Waals surface area contributed by atoms with E-state index in [1.807, 2.05) is 0 Å². The Bertz CT molecular complexity index is 496. The maximum atomic E-state index is 6.42. The summed E-state index contributed by atoms with van der Waals surface area (Å²) in [6, 6.07) is 0. The third-order valence-electron chi connectivity index (χ3n) is 6.92. The second-order valence-corrected chi connectivity index (χ2v) is 38.5. The Hall–Kier alpha value is 1.36. The molecular weight excluding hydrogens is 724 g/mol. The normalized spacial score (nSPS) is 12.1. The van der Waals surface area contributed by atoms with Crippen molar-refractivity contribution in [3.8, 4) is 0 Å². The second-order valence-electron chi connectivity index (χ2n) is 13.0. The maximum absolute atomic E-state index is 6.42. The van der Waals surface area contributed by atoms with Gasteiger partial charge < -0.3 is 0 Å². The van der Waals surface area contributed by atoms with E-state index >= 15 is 0 Å². The first-order valence-corrected chi connectivity index (χ1v) is 25.1. The molecule has 0 atom stereocenters. The fraction of sp³-hybridized carbons (Fsp3) is 1.00. The fourth-order valence-corrected chi connectivity index (χ4v) is 32.0. The summed E-state index contributed by atoms with van der Waals surface area (Å²) in [5, 5.41) is 0. The van der Waals surface area contributed by atoms with E-state index in [1.54, 1.807) is 0 Å². The van der Waals surface area contributed by atoms with Crippen LogP contribution in [0.2, 0.25) is 6.86 Å². The van der Waals surface area contributed by atoms with Crippen molar-refractivity contribution in [1.29, 1.82) is 0 Å². The molecule has 0 rings (SSSR count). The molecule has 0 amide bonds. The standard InChI is InChI=1S/3C5H11O.2C4H9.3C2H6N.4CH4.2Sn/c3*1-2-3-4-5-6;2*1-4(2)3;3*1-3-2;;;;;;/h3*2-5H2,1H3;2*1-3H3;3*1-2H3;4*1H4;;/q3*-1;;;3*-1;;;;;2*+3. The molecule has 8 heteroatoms. The van der Waals surface area contributed by atoms with E-state index in [1.165, 1.54) is 38.5 Å². The molecule has 0 saturated heterocycles. The molecule has 0 fully saturated rings. The Balaban J connectivity index is -0.000000149. The first kappa shape index (κ1) is 54.8. The van der Waals surface area contributed by atoms with Crippen LogP contribution in [0.1, 0.15) is 150 Å². The predicted molar refractivity (Wildman–Crippen MR) is 195 cm³/mol. The van der Waals surface area contributed by atoms with Gasteiger partial charge in [-0.05, 0) is 0 Å². The van der Waals surface area contributed by atoms with E-state index < -0.39 is 38.8 Å². The summed E-state index contributed by atoms with van der Waals surface area (Å²) in [5.74, 6) is 0. The van der Waals surface area contributed by atoms with E-state index in [-0.39, 0.29) is 33.1 Å². The summed E-state index contributed by atoms with van der Waals surface area (Å²) in [7, 11) is 13.3. The third-order valence-corrected chi connectivity index (χ3v) is 33.6. The molecule has 0 aliphatic rings. The topological polar surface area (TPSA) is 37.4 Å². The Morgan fingerprint density at radius 1 is 0.439 bits per heavy atom. The summed E-state index contributed by atoms with van der Waals surface area (Å²) < 4.78 is 27.1. The van der Waals surface area contributed by atoms with Crippen molar-refractivity contribution >= 4 is 38.8 Å². The fourth-order valence-electron chi connectivity index (χ4n) is 5.66. The molecule has 0 aromatic rings. The number of unbranched alkanes of at least 4 members (excludes halogenated alkanes) is 6. The van der Waals surface area contributed by atoms with Crippen LogP contribution in [0.5, 0.6) is 0 Å². The molecule has 0 heterocycles. The Labute approximate surface area is 274 Å². The van der Waals surface area contributed by atoms with Gasteiger partial charge >= 0.3 is 246 Å².